The van der Waals surface area contributed by atoms with Crippen LogP contribution in [0.1, 0.15) is 20.0 Å². The van der Waals surface area contributed by atoms with Crippen LogP contribution in [0.5, 0.6) is 0 Å². The molecule has 0 saturated heterocycles. The maximum atomic E-state index is 12.0. The number of carbonyl (C=O) groups excluding carboxylic acids is 2. The number of anilines is 3. The van der Waals surface area contributed by atoms with Gasteiger partial charge in [0.1, 0.15) is 5.82 Å². The molecule has 2 N–H and O–H groups in total. The van der Waals surface area contributed by atoms with Crippen molar-refractivity contribution in [2.45, 2.75) is 0 Å². The van der Waals surface area contributed by atoms with Gasteiger partial charge in [-0.2, -0.15) is 0 Å². The van der Waals surface area contributed by atoms with Crippen molar-refractivity contribution in [3.63, 3.8) is 0 Å². The first kappa shape index (κ1) is 16.7. The number of thiophene rings is 1. The van der Waals surface area contributed by atoms with Gasteiger partial charge >= 0.3 is 5.97 Å². The summed E-state index contributed by atoms with van der Waals surface area (Å²) in [4.78, 5) is 28.7. The number of methoxy groups -OCH3 is 1. The van der Waals surface area contributed by atoms with Crippen LogP contribution < -0.4 is 10.6 Å². The summed E-state index contributed by atoms with van der Waals surface area (Å²) in [6.45, 7) is 0. The molecular formula is C18H15N3O3S. The first-order valence-electron chi connectivity index (χ1n) is 7.42. The Morgan fingerprint density at radius 1 is 1.08 bits per heavy atom. The van der Waals surface area contributed by atoms with E-state index in [0.29, 0.717) is 27.6 Å². The second kappa shape index (κ2) is 7.59. The lowest BCUT2D eigenvalue weighted by Crippen LogP contribution is -2.10. The lowest BCUT2D eigenvalue weighted by atomic mass is 10.2. The normalized spacial score (nSPS) is 10.1. The van der Waals surface area contributed by atoms with Gasteiger partial charge in [-0.05, 0) is 35.7 Å². The van der Waals surface area contributed by atoms with Crippen LogP contribution in [0.25, 0.3) is 0 Å². The Kier molecular flexibility index (Phi) is 5.06. The summed E-state index contributed by atoms with van der Waals surface area (Å²) in [5.74, 6) is -0.0537. The number of pyridine rings is 1. The summed E-state index contributed by atoms with van der Waals surface area (Å²) in [6.07, 6.45) is 1.55. The van der Waals surface area contributed by atoms with Crippen molar-refractivity contribution < 1.29 is 14.3 Å². The topological polar surface area (TPSA) is 80.3 Å². The summed E-state index contributed by atoms with van der Waals surface area (Å²) < 4.78 is 4.77. The van der Waals surface area contributed by atoms with E-state index in [9.17, 15) is 9.59 Å². The average molecular weight is 353 g/mol. The van der Waals surface area contributed by atoms with E-state index in [1.54, 1.807) is 42.6 Å². The minimum atomic E-state index is -0.428. The van der Waals surface area contributed by atoms with Crippen LogP contribution >= 0.6 is 11.3 Å². The molecule has 7 heteroatoms. The lowest BCUT2D eigenvalue weighted by molar-refractivity contribution is 0.0601. The van der Waals surface area contributed by atoms with Crippen LogP contribution in [-0.2, 0) is 4.74 Å². The third-order valence-corrected chi connectivity index (χ3v) is 4.23. The molecule has 3 rings (SSSR count). The van der Waals surface area contributed by atoms with E-state index < -0.39 is 5.97 Å². The van der Waals surface area contributed by atoms with Crippen LogP contribution in [0.2, 0.25) is 0 Å². The molecule has 1 aromatic carbocycles. The lowest BCUT2D eigenvalue weighted by Gasteiger charge is -2.10. The molecule has 25 heavy (non-hydrogen) atoms. The van der Waals surface area contributed by atoms with Gasteiger partial charge < -0.3 is 15.4 Å². The zero-order valence-electron chi connectivity index (χ0n) is 13.4. The van der Waals surface area contributed by atoms with E-state index in [1.807, 2.05) is 17.5 Å². The maximum Gasteiger partial charge on any atom is 0.339 e. The van der Waals surface area contributed by atoms with Gasteiger partial charge in [0.2, 0.25) is 0 Å². The molecule has 0 fully saturated rings. The highest BCUT2D eigenvalue weighted by atomic mass is 32.1. The molecule has 0 bridgehead atoms. The number of aromatic nitrogens is 1. The molecule has 1 amide bonds. The molecule has 0 aliphatic rings. The van der Waals surface area contributed by atoms with Crippen LogP contribution in [0, 0.1) is 0 Å². The van der Waals surface area contributed by atoms with E-state index in [0.717, 1.165) is 0 Å². The summed E-state index contributed by atoms with van der Waals surface area (Å²) in [5, 5.41) is 7.70. The minimum absolute atomic E-state index is 0.173. The molecule has 0 radical (unpaired) electrons. The fourth-order valence-corrected chi connectivity index (χ4v) is 2.78. The van der Waals surface area contributed by atoms with E-state index in [2.05, 4.69) is 15.6 Å². The Morgan fingerprint density at radius 3 is 2.60 bits per heavy atom. The number of benzene rings is 1. The minimum Gasteiger partial charge on any atom is -0.465 e. The molecule has 126 valence electrons. The highest BCUT2D eigenvalue weighted by molar-refractivity contribution is 7.12. The molecule has 0 saturated carbocycles. The molecule has 6 nitrogen and oxygen atoms in total. The van der Waals surface area contributed by atoms with E-state index in [-0.39, 0.29) is 5.91 Å². The van der Waals surface area contributed by atoms with Crippen LogP contribution in [-0.4, -0.2) is 24.0 Å². The standard InChI is InChI=1S/C18H15N3O3S/c1-24-18(23)13-5-2-3-6-14(13)21-16-9-8-12(11-19-16)20-17(22)15-7-4-10-25-15/h2-11H,1H3,(H,19,21)(H,20,22). The Bertz CT molecular complexity index is 877. The molecule has 0 spiro atoms. The third kappa shape index (κ3) is 4.02. The predicted octanol–water partition coefficient (Wildman–Crippen LogP) is 3.93. The highest BCUT2D eigenvalue weighted by Crippen LogP contribution is 2.21. The number of para-hydroxylation sites is 1. The predicted molar refractivity (Wildman–Crippen MR) is 97.6 cm³/mol. The number of nitrogens with zero attached hydrogens (tertiary/aromatic N) is 1. The number of hydrogen-bond acceptors (Lipinski definition) is 6. The Morgan fingerprint density at radius 2 is 1.92 bits per heavy atom. The Balaban J connectivity index is 1.71. The Labute approximate surface area is 148 Å². The quantitative estimate of drug-likeness (QED) is 0.680. The van der Waals surface area contributed by atoms with Gasteiger partial charge in [-0.15, -0.1) is 11.3 Å². The largest absolute Gasteiger partial charge is 0.465 e. The van der Waals surface area contributed by atoms with Gasteiger partial charge in [-0.1, -0.05) is 18.2 Å². The van der Waals surface area contributed by atoms with Gasteiger partial charge in [-0.3, -0.25) is 4.79 Å². The fraction of sp³-hybridized carbons (Fsp3) is 0.0556. The smallest absolute Gasteiger partial charge is 0.339 e. The number of ether oxygens (including phenoxy) is 1. The van der Waals surface area contributed by atoms with E-state index in [1.165, 1.54) is 18.4 Å². The molecule has 0 atom stereocenters. The van der Waals surface area contributed by atoms with Gasteiger partial charge in [-0.25, -0.2) is 9.78 Å². The first-order chi connectivity index (χ1) is 12.2. The zero-order valence-corrected chi connectivity index (χ0v) is 14.2. The van der Waals surface area contributed by atoms with Crippen molar-refractivity contribution in [2.75, 3.05) is 17.7 Å². The fourth-order valence-electron chi connectivity index (χ4n) is 2.16. The maximum absolute atomic E-state index is 12.0. The van der Waals surface area contributed by atoms with Gasteiger partial charge in [0.05, 0.1) is 35.1 Å². The average Bonchev–Trinajstić information content (AvgIpc) is 3.18. The molecule has 0 aliphatic carbocycles. The van der Waals surface area contributed by atoms with Crippen molar-refractivity contribution in [2.24, 2.45) is 0 Å². The summed E-state index contributed by atoms with van der Waals surface area (Å²) >= 11 is 1.37. The van der Waals surface area contributed by atoms with Crippen molar-refractivity contribution in [1.29, 1.82) is 0 Å². The van der Waals surface area contributed by atoms with Crippen molar-refractivity contribution >= 4 is 40.4 Å². The number of amides is 1. The number of rotatable bonds is 5. The van der Waals surface area contributed by atoms with Crippen molar-refractivity contribution in [3.05, 3.63) is 70.5 Å². The molecule has 3 aromatic rings. The van der Waals surface area contributed by atoms with Gasteiger partial charge in [0.25, 0.3) is 5.91 Å². The van der Waals surface area contributed by atoms with Crippen LogP contribution in [0.4, 0.5) is 17.2 Å². The highest BCUT2D eigenvalue weighted by Gasteiger charge is 2.12. The van der Waals surface area contributed by atoms with Gasteiger partial charge in [0.15, 0.2) is 0 Å². The molecule has 2 aromatic heterocycles. The zero-order chi connectivity index (χ0) is 17.6. The Hall–Kier alpha value is -3.19. The second-order valence-corrected chi connectivity index (χ2v) is 5.97. The third-order valence-electron chi connectivity index (χ3n) is 3.36. The summed E-state index contributed by atoms with van der Waals surface area (Å²) in [6, 6.07) is 14.0. The number of nitrogens with one attached hydrogen (secondary N) is 2. The monoisotopic (exact) mass is 353 g/mol. The van der Waals surface area contributed by atoms with Gasteiger partial charge in [0, 0.05) is 0 Å². The number of esters is 1. The van der Waals surface area contributed by atoms with Crippen molar-refractivity contribution in [1.82, 2.24) is 4.98 Å². The van der Waals surface area contributed by atoms with Crippen LogP contribution in [0.15, 0.2) is 60.1 Å². The van der Waals surface area contributed by atoms with E-state index >= 15 is 0 Å². The summed E-state index contributed by atoms with van der Waals surface area (Å²) in [7, 11) is 1.34. The molecule has 0 unspecified atom stereocenters. The SMILES string of the molecule is COC(=O)c1ccccc1Nc1ccc(NC(=O)c2cccs2)cn1. The van der Waals surface area contributed by atoms with Crippen LogP contribution in [0.3, 0.4) is 0 Å². The first-order valence-corrected chi connectivity index (χ1v) is 8.30. The number of hydrogen-bond donors (Lipinski definition) is 2. The van der Waals surface area contributed by atoms with Crippen molar-refractivity contribution in [3.8, 4) is 0 Å². The molecule has 2 heterocycles. The molecule has 0 aliphatic heterocycles. The molecular weight excluding hydrogens is 338 g/mol. The van der Waals surface area contributed by atoms with E-state index in [4.69, 9.17) is 4.74 Å². The second-order valence-electron chi connectivity index (χ2n) is 5.03. The number of carbonyl (C=O) groups is 2. The summed E-state index contributed by atoms with van der Waals surface area (Å²) in [5.41, 5.74) is 1.60.